The lowest BCUT2D eigenvalue weighted by atomic mass is 9.86. The van der Waals surface area contributed by atoms with Gasteiger partial charge in [0.2, 0.25) is 5.91 Å². The number of nitrogens with one attached hydrogen (secondary N) is 1. The van der Waals surface area contributed by atoms with Crippen molar-refractivity contribution in [1.82, 2.24) is 5.32 Å². The summed E-state index contributed by atoms with van der Waals surface area (Å²) in [6.07, 6.45) is 0.919. The molecule has 0 saturated heterocycles. The molecule has 4 heteroatoms. The minimum absolute atomic E-state index is 0.0820. The maximum absolute atomic E-state index is 12.1. The van der Waals surface area contributed by atoms with Gasteiger partial charge < -0.3 is 15.8 Å². The topological polar surface area (TPSA) is 64.4 Å². The van der Waals surface area contributed by atoms with Crippen molar-refractivity contribution in [2.75, 3.05) is 13.2 Å². The molecule has 0 radical (unpaired) electrons. The van der Waals surface area contributed by atoms with Crippen molar-refractivity contribution in [3.05, 3.63) is 29.8 Å². The Kier molecular flexibility index (Phi) is 4.33. The Hall–Kier alpha value is -1.55. The number of benzene rings is 1. The van der Waals surface area contributed by atoms with Gasteiger partial charge in [-0.3, -0.25) is 4.79 Å². The van der Waals surface area contributed by atoms with Gasteiger partial charge in [0.05, 0.1) is 12.6 Å². The lowest BCUT2D eigenvalue weighted by Gasteiger charge is -2.29. The number of rotatable bonds is 3. The summed E-state index contributed by atoms with van der Waals surface area (Å²) in [5.41, 5.74) is 6.91. The first kappa shape index (κ1) is 14.9. The van der Waals surface area contributed by atoms with Gasteiger partial charge >= 0.3 is 0 Å². The highest BCUT2D eigenvalue weighted by Gasteiger charge is 2.28. The summed E-state index contributed by atoms with van der Waals surface area (Å²) >= 11 is 0. The van der Waals surface area contributed by atoms with Crippen molar-refractivity contribution in [3.8, 4) is 5.75 Å². The second-order valence-corrected chi connectivity index (χ2v) is 6.46. The molecule has 0 aliphatic carbocycles. The monoisotopic (exact) mass is 276 g/mol. The van der Waals surface area contributed by atoms with E-state index < -0.39 is 6.04 Å². The van der Waals surface area contributed by atoms with Crippen molar-refractivity contribution >= 4 is 5.91 Å². The average molecular weight is 276 g/mol. The summed E-state index contributed by atoms with van der Waals surface area (Å²) in [7, 11) is 0. The molecule has 1 aliphatic rings. The van der Waals surface area contributed by atoms with Crippen LogP contribution >= 0.6 is 0 Å². The fraction of sp³-hybridized carbons (Fsp3) is 0.562. The second kappa shape index (κ2) is 5.83. The minimum Gasteiger partial charge on any atom is -0.493 e. The predicted molar refractivity (Wildman–Crippen MR) is 79.7 cm³/mol. The zero-order chi connectivity index (χ0) is 14.8. The third-order valence-electron chi connectivity index (χ3n) is 3.82. The zero-order valence-electron chi connectivity index (χ0n) is 12.5. The summed E-state index contributed by atoms with van der Waals surface area (Å²) in [5, 5.41) is 2.98. The lowest BCUT2D eigenvalue weighted by Crippen LogP contribution is -2.49. The maximum Gasteiger partial charge on any atom is 0.237 e. The Bertz CT molecular complexity index is 480. The van der Waals surface area contributed by atoms with Crippen LogP contribution in [-0.4, -0.2) is 25.1 Å². The largest absolute Gasteiger partial charge is 0.493 e. The average Bonchev–Trinajstić information content (AvgIpc) is 2.42. The van der Waals surface area contributed by atoms with Crippen LogP contribution in [-0.2, 0) is 4.79 Å². The molecule has 1 heterocycles. The van der Waals surface area contributed by atoms with Crippen LogP contribution in [0.15, 0.2) is 24.3 Å². The van der Waals surface area contributed by atoms with E-state index in [0.717, 1.165) is 12.2 Å². The quantitative estimate of drug-likeness (QED) is 0.888. The van der Waals surface area contributed by atoms with Gasteiger partial charge in [-0.15, -0.1) is 0 Å². The van der Waals surface area contributed by atoms with Gasteiger partial charge in [-0.25, -0.2) is 0 Å². The Labute approximate surface area is 120 Å². The Balaban J connectivity index is 1.97. The second-order valence-electron chi connectivity index (χ2n) is 6.46. The molecule has 0 aromatic heterocycles. The molecule has 110 valence electrons. The van der Waals surface area contributed by atoms with Crippen LogP contribution in [0.5, 0.6) is 5.75 Å². The van der Waals surface area contributed by atoms with E-state index in [1.54, 1.807) is 0 Å². The van der Waals surface area contributed by atoms with Gasteiger partial charge in [-0.1, -0.05) is 39.0 Å². The number of carbonyl (C=O) groups is 1. The van der Waals surface area contributed by atoms with Gasteiger partial charge in [-0.2, -0.15) is 0 Å². The molecule has 1 aromatic rings. The van der Waals surface area contributed by atoms with Crippen molar-refractivity contribution in [2.45, 2.75) is 39.2 Å². The smallest absolute Gasteiger partial charge is 0.237 e. The van der Waals surface area contributed by atoms with Gasteiger partial charge in [0.25, 0.3) is 0 Å². The Morgan fingerprint density at radius 2 is 2.15 bits per heavy atom. The molecular formula is C16H24N2O2. The fourth-order valence-electron chi connectivity index (χ4n) is 2.35. The van der Waals surface area contributed by atoms with Crippen LogP contribution in [0, 0.1) is 5.41 Å². The van der Waals surface area contributed by atoms with Crippen LogP contribution in [0.1, 0.15) is 38.7 Å². The van der Waals surface area contributed by atoms with Gasteiger partial charge in [-0.05, 0) is 23.5 Å². The van der Waals surface area contributed by atoms with Crippen LogP contribution in [0.25, 0.3) is 0 Å². The van der Waals surface area contributed by atoms with E-state index in [0.29, 0.717) is 19.1 Å². The summed E-state index contributed by atoms with van der Waals surface area (Å²) < 4.78 is 5.62. The third-order valence-corrected chi connectivity index (χ3v) is 3.82. The first-order chi connectivity index (χ1) is 9.39. The molecule has 0 bridgehead atoms. The Morgan fingerprint density at radius 1 is 1.45 bits per heavy atom. The van der Waals surface area contributed by atoms with Crippen molar-refractivity contribution in [1.29, 1.82) is 0 Å². The number of fused-ring (bicyclic) bond motifs is 1. The van der Waals surface area contributed by atoms with E-state index >= 15 is 0 Å². The molecule has 2 atom stereocenters. The van der Waals surface area contributed by atoms with Gasteiger partial charge in [0.15, 0.2) is 0 Å². The van der Waals surface area contributed by atoms with Crippen LogP contribution in [0.4, 0.5) is 0 Å². The first-order valence-corrected chi connectivity index (χ1v) is 7.14. The highest BCUT2D eigenvalue weighted by Crippen LogP contribution is 2.32. The molecule has 2 rings (SSSR count). The van der Waals surface area contributed by atoms with Crippen molar-refractivity contribution in [2.24, 2.45) is 11.1 Å². The van der Waals surface area contributed by atoms with Gasteiger partial charge in [0, 0.05) is 12.5 Å². The number of carbonyl (C=O) groups excluding carboxylic acids is 1. The molecule has 0 fully saturated rings. The van der Waals surface area contributed by atoms with Crippen molar-refractivity contribution in [3.63, 3.8) is 0 Å². The summed E-state index contributed by atoms with van der Waals surface area (Å²) in [4.78, 5) is 12.1. The van der Waals surface area contributed by atoms with E-state index in [4.69, 9.17) is 10.5 Å². The predicted octanol–water partition coefficient (Wildman–Crippen LogP) is 2.04. The van der Waals surface area contributed by atoms with E-state index in [1.165, 1.54) is 5.56 Å². The normalized spacial score (nSPS) is 19.7. The highest BCUT2D eigenvalue weighted by molar-refractivity contribution is 5.82. The zero-order valence-corrected chi connectivity index (χ0v) is 12.5. The van der Waals surface area contributed by atoms with Gasteiger partial charge in [0.1, 0.15) is 5.75 Å². The highest BCUT2D eigenvalue weighted by atomic mass is 16.5. The van der Waals surface area contributed by atoms with E-state index in [9.17, 15) is 4.79 Å². The van der Waals surface area contributed by atoms with Crippen LogP contribution in [0.2, 0.25) is 0 Å². The molecule has 0 spiro atoms. The third kappa shape index (κ3) is 3.31. The SMILES string of the molecule is CC(C)(C)[C@H](N)C(=O)NCC1CCOc2ccccc21. The lowest BCUT2D eigenvalue weighted by molar-refractivity contribution is -0.124. The fourth-order valence-corrected chi connectivity index (χ4v) is 2.35. The molecular weight excluding hydrogens is 252 g/mol. The molecule has 4 nitrogen and oxygen atoms in total. The van der Waals surface area contributed by atoms with Crippen LogP contribution < -0.4 is 15.8 Å². The van der Waals surface area contributed by atoms with Crippen LogP contribution in [0.3, 0.4) is 0 Å². The molecule has 3 N–H and O–H groups in total. The van der Waals surface area contributed by atoms with Crippen molar-refractivity contribution < 1.29 is 9.53 Å². The number of ether oxygens (including phenoxy) is 1. The molecule has 0 saturated carbocycles. The maximum atomic E-state index is 12.1. The number of hydrogen-bond acceptors (Lipinski definition) is 3. The minimum atomic E-state index is -0.488. The standard InChI is InChI=1S/C16H24N2O2/c1-16(2,3)14(17)15(19)18-10-11-8-9-20-13-7-5-4-6-12(11)13/h4-7,11,14H,8-10,17H2,1-3H3,(H,18,19)/t11?,14-/m1/s1. The van der Waals surface area contributed by atoms with E-state index in [1.807, 2.05) is 39.0 Å². The number of para-hydroxylation sites is 1. The number of hydrogen-bond donors (Lipinski definition) is 2. The summed E-state index contributed by atoms with van der Waals surface area (Å²) in [6.45, 7) is 7.23. The molecule has 1 aliphatic heterocycles. The Morgan fingerprint density at radius 3 is 2.85 bits per heavy atom. The first-order valence-electron chi connectivity index (χ1n) is 7.14. The van der Waals surface area contributed by atoms with E-state index in [-0.39, 0.29) is 11.3 Å². The summed E-state index contributed by atoms with van der Waals surface area (Å²) in [5.74, 6) is 1.15. The molecule has 20 heavy (non-hydrogen) atoms. The molecule has 1 amide bonds. The number of amides is 1. The molecule has 1 aromatic carbocycles. The number of nitrogens with two attached hydrogens (primary N) is 1. The van der Waals surface area contributed by atoms with E-state index in [2.05, 4.69) is 11.4 Å². The molecule has 1 unspecified atom stereocenters. The summed E-state index contributed by atoms with van der Waals surface area (Å²) in [6, 6.07) is 7.52.